The average Bonchev–Trinajstić information content (AvgIpc) is 2.53. The SMILES string of the molecule is COC(=O)NC(=O)[C@@H](C)[NH+](C)Cc1ccc(OC)c(OC)c1. The number of hydrogen-bond acceptors (Lipinski definition) is 5. The highest BCUT2D eigenvalue weighted by Gasteiger charge is 2.24. The summed E-state index contributed by atoms with van der Waals surface area (Å²) in [7, 11) is 6.24. The molecule has 0 spiro atoms. The number of carbonyl (C=O) groups excluding carboxylic acids is 2. The summed E-state index contributed by atoms with van der Waals surface area (Å²) < 4.78 is 14.9. The Bertz CT molecular complexity index is 533. The second kappa shape index (κ2) is 8.23. The van der Waals surface area contributed by atoms with Crippen LogP contribution < -0.4 is 19.7 Å². The lowest BCUT2D eigenvalue weighted by molar-refractivity contribution is -0.908. The molecule has 7 nitrogen and oxygen atoms in total. The first-order valence-electron chi connectivity index (χ1n) is 6.85. The molecule has 2 atom stereocenters. The van der Waals surface area contributed by atoms with Gasteiger partial charge in [0.15, 0.2) is 17.5 Å². The standard InChI is InChI=1S/C15H22N2O5/c1-10(14(18)16-15(19)22-5)17(2)9-11-6-7-12(20-3)13(8-11)21-4/h6-8,10H,9H2,1-5H3,(H,16,18,19)/p+1/t10-/m1/s1. The molecule has 0 aliphatic rings. The smallest absolute Gasteiger partial charge is 0.413 e. The summed E-state index contributed by atoms with van der Waals surface area (Å²) in [5, 5.41) is 2.17. The first-order valence-corrected chi connectivity index (χ1v) is 6.85. The number of amides is 2. The van der Waals surface area contributed by atoms with Crippen molar-refractivity contribution in [1.29, 1.82) is 0 Å². The maximum Gasteiger partial charge on any atom is 0.413 e. The van der Waals surface area contributed by atoms with E-state index in [1.807, 2.05) is 25.2 Å². The van der Waals surface area contributed by atoms with E-state index < -0.39 is 12.1 Å². The van der Waals surface area contributed by atoms with Crippen molar-refractivity contribution in [1.82, 2.24) is 5.32 Å². The maximum absolute atomic E-state index is 11.9. The Labute approximate surface area is 130 Å². The summed E-state index contributed by atoms with van der Waals surface area (Å²) in [5.41, 5.74) is 0.993. The Kier molecular flexibility index (Phi) is 6.65. The van der Waals surface area contributed by atoms with Crippen LogP contribution >= 0.6 is 0 Å². The fourth-order valence-electron chi connectivity index (χ4n) is 1.95. The molecule has 0 aliphatic heterocycles. The second-order valence-corrected chi connectivity index (χ2v) is 4.91. The molecule has 0 radical (unpaired) electrons. The van der Waals surface area contributed by atoms with E-state index in [4.69, 9.17) is 9.47 Å². The van der Waals surface area contributed by atoms with E-state index in [1.165, 1.54) is 7.11 Å². The monoisotopic (exact) mass is 311 g/mol. The van der Waals surface area contributed by atoms with Crippen molar-refractivity contribution in [3.63, 3.8) is 0 Å². The van der Waals surface area contributed by atoms with Crippen LogP contribution in [0.4, 0.5) is 4.79 Å². The summed E-state index contributed by atoms with van der Waals surface area (Å²) in [6.45, 7) is 2.34. The van der Waals surface area contributed by atoms with Crippen LogP contribution in [0.1, 0.15) is 12.5 Å². The minimum absolute atomic E-state index is 0.384. The number of rotatable bonds is 6. The van der Waals surface area contributed by atoms with Gasteiger partial charge in [-0.15, -0.1) is 0 Å². The van der Waals surface area contributed by atoms with Crippen LogP contribution in [0.5, 0.6) is 11.5 Å². The van der Waals surface area contributed by atoms with Gasteiger partial charge in [0.05, 0.1) is 28.4 Å². The molecule has 2 N–H and O–H groups in total. The Hall–Kier alpha value is -2.28. The van der Waals surface area contributed by atoms with Crippen LogP contribution in [-0.2, 0) is 16.1 Å². The molecular formula is C15H23N2O5+. The largest absolute Gasteiger partial charge is 0.493 e. The Morgan fingerprint density at radius 1 is 1.18 bits per heavy atom. The quantitative estimate of drug-likeness (QED) is 0.772. The second-order valence-electron chi connectivity index (χ2n) is 4.91. The molecule has 2 amide bonds. The van der Waals surface area contributed by atoms with Gasteiger partial charge in [0, 0.05) is 5.56 Å². The fourth-order valence-corrected chi connectivity index (χ4v) is 1.95. The predicted molar refractivity (Wildman–Crippen MR) is 80.1 cm³/mol. The molecule has 0 bridgehead atoms. The zero-order valence-corrected chi connectivity index (χ0v) is 13.6. The third-order valence-corrected chi connectivity index (χ3v) is 3.47. The predicted octanol–water partition coefficient (Wildman–Crippen LogP) is -0.0104. The van der Waals surface area contributed by atoms with Crippen molar-refractivity contribution in [3.05, 3.63) is 23.8 Å². The molecule has 1 aromatic rings. The highest BCUT2D eigenvalue weighted by atomic mass is 16.5. The van der Waals surface area contributed by atoms with E-state index in [2.05, 4.69) is 10.1 Å². The molecule has 1 unspecified atom stereocenters. The van der Waals surface area contributed by atoms with Gasteiger partial charge in [-0.1, -0.05) is 0 Å². The van der Waals surface area contributed by atoms with E-state index >= 15 is 0 Å². The van der Waals surface area contributed by atoms with Gasteiger partial charge in [-0.25, -0.2) is 4.79 Å². The van der Waals surface area contributed by atoms with Gasteiger partial charge in [0.25, 0.3) is 5.91 Å². The first kappa shape index (κ1) is 17.8. The van der Waals surface area contributed by atoms with E-state index in [0.717, 1.165) is 10.5 Å². The Morgan fingerprint density at radius 2 is 1.82 bits per heavy atom. The van der Waals surface area contributed by atoms with Gasteiger partial charge in [-0.2, -0.15) is 0 Å². The number of benzene rings is 1. The fraction of sp³-hybridized carbons (Fsp3) is 0.467. The summed E-state index contributed by atoms with van der Waals surface area (Å²) >= 11 is 0. The number of imide groups is 1. The van der Waals surface area contributed by atoms with Gasteiger partial charge in [0.2, 0.25) is 0 Å². The molecule has 122 valence electrons. The zero-order valence-electron chi connectivity index (χ0n) is 13.6. The number of methoxy groups -OCH3 is 3. The average molecular weight is 311 g/mol. The van der Waals surface area contributed by atoms with Crippen molar-refractivity contribution in [2.45, 2.75) is 19.5 Å². The van der Waals surface area contributed by atoms with Crippen LogP contribution in [0.15, 0.2) is 18.2 Å². The minimum Gasteiger partial charge on any atom is -0.493 e. The van der Waals surface area contributed by atoms with Crippen molar-refractivity contribution in [2.75, 3.05) is 28.4 Å². The van der Waals surface area contributed by atoms with Crippen LogP contribution in [0, 0.1) is 0 Å². The molecule has 0 fully saturated rings. The summed E-state index contributed by atoms with van der Waals surface area (Å²) in [5.74, 6) is 0.907. The molecule has 0 saturated carbocycles. The lowest BCUT2D eigenvalue weighted by Gasteiger charge is -2.21. The highest BCUT2D eigenvalue weighted by molar-refractivity contribution is 5.93. The number of ether oxygens (including phenoxy) is 3. The molecule has 7 heteroatoms. The van der Waals surface area contributed by atoms with Gasteiger partial charge in [0.1, 0.15) is 6.54 Å². The molecular weight excluding hydrogens is 288 g/mol. The van der Waals surface area contributed by atoms with Crippen molar-refractivity contribution >= 4 is 12.0 Å². The Balaban J connectivity index is 2.73. The molecule has 1 rings (SSSR count). The molecule has 0 aliphatic carbocycles. The third-order valence-electron chi connectivity index (χ3n) is 3.47. The van der Waals surface area contributed by atoms with E-state index in [9.17, 15) is 9.59 Å². The maximum atomic E-state index is 11.9. The van der Waals surface area contributed by atoms with E-state index in [0.29, 0.717) is 18.0 Å². The van der Waals surface area contributed by atoms with Crippen molar-refractivity contribution < 1.29 is 28.7 Å². The number of carbonyl (C=O) groups is 2. The Morgan fingerprint density at radius 3 is 2.36 bits per heavy atom. The first-order chi connectivity index (χ1) is 10.4. The minimum atomic E-state index is -0.754. The van der Waals surface area contributed by atoms with E-state index in [-0.39, 0.29) is 5.91 Å². The summed E-state index contributed by atoms with van der Waals surface area (Å²) in [6, 6.07) is 5.19. The van der Waals surface area contributed by atoms with Crippen LogP contribution in [0.2, 0.25) is 0 Å². The van der Waals surface area contributed by atoms with Gasteiger partial charge in [-0.05, 0) is 25.1 Å². The van der Waals surface area contributed by atoms with E-state index in [1.54, 1.807) is 21.1 Å². The van der Waals surface area contributed by atoms with Gasteiger partial charge in [-0.3, -0.25) is 10.1 Å². The molecule has 0 saturated heterocycles. The highest BCUT2D eigenvalue weighted by Crippen LogP contribution is 2.27. The van der Waals surface area contributed by atoms with Gasteiger partial charge >= 0.3 is 6.09 Å². The molecule has 1 aromatic carbocycles. The van der Waals surface area contributed by atoms with Crippen LogP contribution in [-0.4, -0.2) is 46.4 Å². The number of nitrogens with one attached hydrogen (secondary N) is 2. The molecule has 0 aromatic heterocycles. The number of likely N-dealkylation sites (N-methyl/N-ethyl adjacent to an activating group) is 1. The number of hydrogen-bond donors (Lipinski definition) is 2. The molecule has 0 heterocycles. The number of quaternary nitrogens is 1. The van der Waals surface area contributed by atoms with Crippen LogP contribution in [0.3, 0.4) is 0 Å². The van der Waals surface area contributed by atoms with Crippen molar-refractivity contribution in [2.24, 2.45) is 0 Å². The lowest BCUT2D eigenvalue weighted by atomic mass is 10.1. The topological polar surface area (TPSA) is 78.3 Å². The van der Waals surface area contributed by atoms with Crippen LogP contribution in [0.25, 0.3) is 0 Å². The molecule has 22 heavy (non-hydrogen) atoms. The summed E-state index contributed by atoms with van der Waals surface area (Å²) in [4.78, 5) is 23.9. The number of alkyl carbamates (subject to hydrolysis) is 1. The normalized spacial score (nSPS) is 13.0. The van der Waals surface area contributed by atoms with Crippen molar-refractivity contribution in [3.8, 4) is 11.5 Å². The lowest BCUT2D eigenvalue weighted by Crippen LogP contribution is -3.12. The van der Waals surface area contributed by atoms with Gasteiger partial charge < -0.3 is 19.1 Å². The third kappa shape index (κ3) is 4.63. The zero-order chi connectivity index (χ0) is 16.7. The summed E-state index contributed by atoms with van der Waals surface area (Å²) in [6.07, 6.45) is -0.754.